The van der Waals surface area contributed by atoms with Gasteiger partial charge in [-0.2, -0.15) is 8.42 Å². The Morgan fingerprint density at radius 3 is 2.82 bits per heavy atom. The van der Waals surface area contributed by atoms with Gasteiger partial charge in [-0.3, -0.25) is 4.55 Å². The predicted octanol–water partition coefficient (Wildman–Crippen LogP) is 2.81. The summed E-state index contributed by atoms with van der Waals surface area (Å²) in [6, 6.07) is 7.31. The fourth-order valence-corrected chi connectivity index (χ4v) is 3.03. The van der Waals surface area contributed by atoms with Crippen LogP contribution in [0.15, 0.2) is 40.5 Å². The van der Waals surface area contributed by atoms with Crippen molar-refractivity contribution in [2.45, 2.75) is 20.3 Å². The second-order valence-corrected chi connectivity index (χ2v) is 6.50. The molecule has 1 aromatic carbocycles. The van der Waals surface area contributed by atoms with E-state index in [1.165, 1.54) is 0 Å². The van der Waals surface area contributed by atoms with Crippen molar-refractivity contribution in [3.05, 3.63) is 42.0 Å². The average Bonchev–Trinajstić information content (AvgIpc) is 2.78. The van der Waals surface area contributed by atoms with Crippen LogP contribution >= 0.6 is 0 Å². The summed E-state index contributed by atoms with van der Waals surface area (Å²) in [5.41, 5.74) is 1.36. The quantitative estimate of drug-likeness (QED) is 0.622. The second-order valence-electron chi connectivity index (χ2n) is 5.00. The van der Waals surface area contributed by atoms with E-state index in [9.17, 15) is 8.42 Å². The maximum Gasteiger partial charge on any atom is 0.265 e. The molecule has 0 spiro atoms. The summed E-state index contributed by atoms with van der Waals surface area (Å²) >= 11 is 0. The number of para-hydroxylation sites is 2. The van der Waals surface area contributed by atoms with E-state index in [1.807, 2.05) is 25.1 Å². The van der Waals surface area contributed by atoms with Crippen molar-refractivity contribution in [3.63, 3.8) is 0 Å². The van der Waals surface area contributed by atoms with Crippen molar-refractivity contribution in [1.29, 1.82) is 0 Å². The van der Waals surface area contributed by atoms with Gasteiger partial charge < -0.3 is 9.15 Å². The molecule has 2 aromatic rings. The minimum atomic E-state index is -4.10. The Labute approximate surface area is 129 Å². The van der Waals surface area contributed by atoms with Gasteiger partial charge in [-0.1, -0.05) is 12.1 Å². The first-order valence-corrected chi connectivity index (χ1v) is 8.59. The summed E-state index contributed by atoms with van der Waals surface area (Å²) in [6.07, 6.45) is 1.94. The van der Waals surface area contributed by atoms with E-state index in [0.717, 1.165) is 0 Å². The lowest BCUT2D eigenvalue weighted by Gasteiger charge is -2.11. The lowest BCUT2D eigenvalue weighted by Crippen LogP contribution is -2.16. The van der Waals surface area contributed by atoms with Crippen LogP contribution in [0.25, 0.3) is 11.1 Å². The summed E-state index contributed by atoms with van der Waals surface area (Å²) < 4.78 is 42.4. The van der Waals surface area contributed by atoms with Crippen molar-refractivity contribution < 1.29 is 22.1 Å². The third-order valence-electron chi connectivity index (χ3n) is 3.04. The van der Waals surface area contributed by atoms with E-state index >= 15 is 0 Å². The molecule has 120 valence electrons. The summed E-state index contributed by atoms with van der Waals surface area (Å²) in [7, 11) is -4.10. The molecule has 1 aromatic heterocycles. The van der Waals surface area contributed by atoms with Crippen LogP contribution in [0.3, 0.4) is 0 Å². The van der Waals surface area contributed by atoms with Gasteiger partial charge in [0, 0.05) is 12.3 Å². The van der Waals surface area contributed by atoms with Crippen LogP contribution in [0, 0.1) is 5.92 Å². The molecule has 1 atom stereocenters. The number of nitrogens with zero attached hydrogens (tertiary/aromatic N) is 1. The van der Waals surface area contributed by atoms with Gasteiger partial charge in [0.15, 0.2) is 11.5 Å². The van der Waals surface area contributed by atoms with Gasteiger partial charge >= 0.3 is 0 Å². The standard InChI is InChI=1S/C15H19NO5S/c1-3-20-11(2)8-12(10-22(17,18)19)9-15-16-13-6-4-5-7-14(13)21-15/h4-8,12H,3,9-10H2,1-2H3,(H,17,18,19)/b11-8+. The number of ether oxygens (including phenoxy) is 1. The number of benzene rings is 1. The number of allylic oxidation sites excluding steroid dienone is 2. The second kappa shape index (κ2) is 6.93. The first-order chi connectivity index (χ1) is 10.4. The molecule has 22 heavy (non-hydrogen) atoms. The average molecular weight is 325 g/mol. The molecule has 0 amide bonds. The highest BCUT2D eigenvalue weighted by Gasteiger charge is 2.19. The highest BCUT2D eigenvalue weighted by Crippen LogP contribution is 2.19. The number of rotatable bonds is 7. The van der Waals surface area contributed by atoms with Crippen LogP contribution in [0.4, 0.5) is 0 Å². The Balaban J connectivity index is 2.22. The van der Waals surface area contributed by atoms with Gasteiger partial charge in [0.2, 0.25) is 0 Å². The maximum absolute atomic E-state index is 11.2. The van der Waals surface area contributed by atoms with E-state index < -0.39 is 21.8 Å². The number of aromatic nitrogens is 1. The maximum atomic E-state index is 11.2. The van der Waals surface area contributed by atoms with Gasteiger partial charge in [0.05, 0.1) is 18.1 Å². The third-order valence-corrected chi connectivity index (χ3v) is 3.89. The lowest BCUT2D eigenvalue weighted by molar-refractivity contribution is 0.228. The highest BCUT2D eigenvalue weighted by atomic mass is 32.2. The molecule has 1 unspecified atom stereocenters. The first-order valence-electron chi connectivity index (χ1n) is 6.98. The summed E-state index contributed by atoms with van der Waals surface area (Å²) in [6.45, 7) is 4.08. The normalized spacial score (nSPS) is 14.2. The Bertz CT molecular complexity index is 730. The molecule has 0 aliphatic rings. The van der Waals surface area contributed by atoms with Crippen LogP contribution in [-0.4, -0.2) is 30.3 Å². The molecule has 0 aliphatic heterocycles. The fraction of sp³-hybridized carbons (Fsp3) is 0.400. The molecule has 0 saturated heterocycles. The molecular weight excluding hydrogens is 306 g/mol. The van der Waals surface area contributed by atoms with E-state index in [2.05, 4.69) is 4.98 Å². The molecule has 7 heteroatoms. The number of hydrogen-bond acceptors (Lipinski definition) is 5. The molecule has 1 heterocycles. The van der Waals surface area contributed by atoms with Crippen molar-refractivity contribution in [2.75, 3.05) is 12.4 Å². The van der Waals surface area contributed by atoms with Gasteiger partial charge in [-0.05, 0) is 32.1 Å². The zero-order chi connectivity index (χ0) is 16.2. The highest BCUT2D eigenvalue weighted by molar-refractivity contribution is 7.85. The molecule has 0 radical (unpaired) electrons. The summed E-state index contributed by atoms with van der Waals surface area (Å²) in [5.74, 6) is 0.146. The van der Waals surface area contributed by atoms with Crippen molar-refractivity contribution >= 4 is 21.2 Å². The van der Waals surface area contributed by atoms with Crippen LogP contribution in [0.5, 0.6) is 0 Å². The number of oxazole rings is 1. The van der Waals surface area contributed by atoms with Crippen molar-refractivity contribution in [2.24, 2.45) is 5.92 Å². The molecule has 6 nitrogen and oxygen atoms in total. The molecule has 1 N–H and O–H groups in total. The molecule has 0 aliphatic carbocycles. The molecule has 0 fully saturated rings. The first kappa shape index (κ1) is 16.5. The molecular formula is C15H19NO5S. The van der Waals surface area contributed by atoms with E-state index in [0.29, 0.717) is 29.4 Å². The zero-order valence-corrected chi connectivity index (χ0v) is 13.3. The largest absolute Gasteiger partial charge is 0.499 e. The number of fused-ring (bicyclic) bond motifs is 1. The number of hydrogen-bond donors (Lipinski definition) is 1. The topological polar surface area (TPSA) is 89.6 Å². The van der Waals surface area contributed by atoms with Gasteiger partial charge in [0.1, 0.15) is 5.52 Å². The Kier molecular flexibility index (Phi) is 5.20. The molecule has 2 rings (SSSR count). The van der Waals surface area contributed by atoms with Crippen molar-refractivity contribution in [1.82, 2.24) is 4.98 Å². The zero-order valence-electron chi connectivity index (χ0n) is 12.5. The van der Waals surface area contributed by atoms with Crippen LogP contribution in [-0.2, 0) is 21.3 Å². The third kappa shape index (κ3) is 4.85. The van der Waals surface area contributed by atoms with E-state index in [1.54, 1.807) is 19.1 Å². The fourth-order valence-electron chi connectivity index (χ4n) is 2.28. The lowest BCUT2D eigenvalue weighted by atomic mass is 10.1. The van der Waals surface area contributed by atoms with Gasteiger partial charge in [-0.25, -0.2) is 4.98 Å². The monoisotopic (exact) mass is 325 g/mol. The Morgan fingerprint density at radius 1 is 1.45 bits per heavy atom. The van der Waals surface area contributed by atoms with Crippen LogP contribution in [0.2, 0.25) is 0 Å². The molecule has 0 bridgehead atoms. The van der Waals surface area contributed by atoms with Gasteiger partial charge in [0.25, 0.3) is 10.1 Å². The van der Waals surface area contributed by atoms with Crippen LogP contribution in [0.1, 0.15) is 19.7 Å². The summed E-state index contributed by atoms with van der Waals surface area (Å²) in [5, 5.41) is 0. The van der Waals surface area contributed by atoms with E-state index in [4.69, 9.17) is 13.7 Å². The Hall–Kier alpha value is -1.86. The minimum absolute atomic E-state index is 0.263. The minimum Gasteiger partial charge on any atom is -0.499 e. The SMILES string of the molecule is CCO/C(C)=C/C(Cc1nc2ccccc2o1)CS(=O)(=O)O. The predicted molar refractivity (Wildman–Crippen MR) is 83.0 cm³/mol. The molecule has 0 saturated carbocycles. The van der Waals surface area contributed by atoms with Crippen molar-refractivity contribution in [3.8, 4) is 0 Å². The van der Waals surface area contributed by atoms with Gasteiger partial charge in [-0.15, -0.1) is 0 Å². The Morgan fingerprint density at radius 2 is 2.18 bits per heavy atom. The van der Waals surface area contributed by atoms with E-state index in [-0.39, 0.29) is 6.42 Å². The summed E-state index contributed by atoms with van der Waals surface area (Å²) in [4.78, 5) is 4.32. The smallest absolute Gasteiger partial charge is 0.265 e. The van der Waals surface area contributed by atoms with Crippen LogP contribution < -0.4 is 0 Å².